The number of aromatic nitrogens is 4. The first-order valence-electron chi connectivity index (χ1n) is 16.9. The Balaban J connectivity index is 0.000000291. The molecule has 253 valence electrons. The van der Waals surface area contributed by atoms with Gasteiger partial charge >= 0.3 is 0 Å². The van der Waals surface area contributed by atoms with E-state index in [0.29, 0.717) is 0 Å². The number of aryl methyl sites for hydroxylation is 2. The molecule has 0 bridgehead atoms. The Labute approximate surface area is 314 Å². The van der Waals surface area contributed by atoms with E-state index in [1.165, 1.54) is 22.3 Å². The van der Waals surface area contributed by atoms with Crippen LogP contribution in [0.3, 0.4) is 0 Å². The van der Waals surface area contributed by atoms with Crippen molar-refractivity contribution in [2.45, 2.75) is 40.0 Å². The molecule has 0 unspecified atom stereocenters. The van der Waals surface area contributed by atoms with E-state index < -0.39 is 0 Å². The zero-order chi connectivity index (χ0) is 34.7. The van der Waals surface area contributed by atoms with Crippen molar-refractivity contribution in [2.24, 2.45) is 0 Å². The van der Waals surface area contributed by atoms with Crippen molar-refractivity contribution in [1.29, 1.82) is 0 Å². The molecule has 51 heavy (non-hydrogen) atoms. The van der Waals surface area contributed by atoms with Gasteiger partial charge in [0, 0.05) is 61.2 Å². The Morgan fingerprint density at radius 3 is 1.92 bits per heavy atom. The minimum atomic E-state index is -0.0289. The Morgan fingerprint density at radius 2 is 1.25 bits per heavy atom. The molecule has 0 spiro atoms. The Morgan fingerprint density at radius 1 is 0.569 bits per heavy atom. The summed E-state index contributed by atoms with van der Waals surface area (Å²) in [4.78, 5) is 18.4. The van der Waals surface area contributed by atoms with Crippen LogP contribution >= 0.6 is 0 Å². The molecule has 8 aromatic rings. The average Bonchev–Trinajstić information content (AvgIpc) is 3.15. The van der Waals surface area contributed by atoms with E-state index in [4.69, 9.17) is 9.97 Å². The Hall–Kier alpha value is -5.35. The van der Waals surface area contributed by atoms with E-state index in [2.05, 4.69) is 105 Å². The van der Waals surface area contributed by atoms with Gasteiger partial charge < -0.3 is 9.97 Å². The van der Waals surface area contributed by atoms with Crippen LogP contribution < -0.4 is 0 Å². The van der Waals surface area contributed by atoms with Crippen LogP contribution in [0.15, 0.2) is 140 Å². The molecule has 8 rings (SSSR count). The fraction of sp³-hybridized carbons (Fsp3) is 0.130. The van der Waals surface area contributed by atoms with Gasteiger partial charge in [-0.05, 0) is 82.4 Å². The predicted molar refractivity (Wildman–Crippen MR) is 207 cm³/mol. The molecule has 4 heterocycles. The van der Waals surface area contributed by atoms with Gasteiger partial charge in [0.25, 0.3) is 0 Å². The van der Waals surface area contributed by atoms with Gasteiger partial charge in [0.15, 0.2) is 0 Å². The van der Waals surface area contributed by atoms with Gasteiger partial charge in [0.1, 0.15) is 0 Å². The molecule has 5 heteroatoms. The number of fused-ring (bicyclic) bond motifs is 3. The van der Waals surface area contributed by atoms with Crippen LogP contribution in [0.5, 0.6) is 0 Å². The van der Waals surface area contributed by atoms with E-state index in [1.54, 1.807) is 6.20 Å². The summed E-state index contributed by atoms with van der Waals surface area (Å²) in [6.45, 7) is 11.0. The molecule has 0 saturated carbocycles. The van der Waals surface area contributed by atoms with Gasteiger partial charge in [-0.1, -0.05) is 75.7 Å². The van der Waals surface area contributed by atoms with Crippen molar-refractivity contribution in [3.8, 4) is 44.8 Å². The smallest absolute Gasteiger partial charge is 0.0787 e. The van der Waals surface area contributed by atoms with Gasteiger partial charge in [-0.3, -0.25) is 9.97 Å². The molecule has 1 radical (unpaired) electrons. The number of hydrogen-bond acceptors (Lipinski definition) is 4. The van der Waals surface area contributed by atoms with E-state index in [-0.39, 0.29) is 25.5 Å². The summed E-state index contributed by atoms with van der Waals surface area (Å²) >= 11 is 0. The summed E-state index contributed by atoms with van der Waals surface area (Å²) in [5.41, 5.74) is 14.1. The van der Waals surface area contributed by atoms with Crippen molar-refractivity contribution in [3.05, 3.63) is 169 Å². The summed E-state index contributed by atoms with van der Waals surface area (Å²) in [6.07, 6.45) is 7.44. The van der Waals surface area contributed by atoms with Crippen LogP contribution in [0.25, 0.3) is 66.6 Å². The molecule has 4 nitrogen and oxygen atoms in total. The van der Waals surface area contributed by atoms with Crippen LogP contribution in [0.1, 0.15) is 37.5 Å². The molecule has 0 amide bonds. The van der Waals surface area contributed by atoms with Crippen molar-refractivity contribution < 1.29 is 20.1 Å². The number of nitrogens with zero attached hydrogens (tertiary/aromatic N) is 4. The predicted octanol–water partition coefficient (Wildman–Crippen LogP) is 11.4. The Kier molecular flexibility index (Phi) is 10.6. The van der Waals surface area contributed by atoms with Gasteiger partial charge in [-0.25, -0.2) is 0 Å². The second-order valence-electron chi connectivity index (χ2n) is 13.6. The van der Waals surface area contributed by atoms with Crippen molar-refractivity contribution >= 4 is 21.8 Å². The molecule has 4 aromatic carbocycles. The quantitative estimate of drug-likeness (QED) is 0.131. The summed E-state index contributed by atoms with van der Waals surface area (Å²) < 4.78 is 0. The van der Waals surface area contributed by atoms with Crippen molar-refractivity contribution in [1.82, 2.24) is 19.9 Å². The van der Waals surface area contributed by atoms with Crippen LogP contribution in [-0.2, 0) is 25.5 Å². The summed E-state index contributed by atoms with van der Waals surface area (Å²) in [5, 5.41) is 2.26. The fourth-order valence-corrected chi connectivity index (χ4v) is 6.16. The third kappa shape index (κ3) is 7.86. The van der Waals surface area contributed by atoms with E-state index in [9.17, 15) is 0 Å². The largest absolute Gasteiger partial charge is 0.305 e. The van der Waals surface area contributed by atoms with E-state index in [0.717, 1.165) is 61.0 Å². The molecule has 0 N–H and O–H groups in total. The minimum absolute atomic E-state index is 0. The third-order valence-corrected chi connectivity index (χ3v) is 8.86. The van der Waals surface area contributed by atoms with Gasteiger partial charge in [0.2, 0.25) is 0 Å². The first-order chi connectivity index (χ1) is 24.2. The van der Waals surface area contributed by atoms with Crippen LogP contribution in [0.2, 0.25) is 0 Å². The molecule has 0 atom stereocenters. The number of benzene rings is 4. The summed E-state index contributed by atoms with van der Waals surface area (Å²) in [5.74, 6) is 0. The van der Waals surface area contributed by atoms with Crippen LogP contribution in [0.4, 0.5) is 0 Å². The maximum absolute atomic E-state index is 4.86. The Bertz CT molecular complexity index is 2380. The van der Waals surface area contributed by atoms with Crippen LogP contribution in [0, 0.1) is 26.0 Å². The number of pyridine rings is 4. The van der Waals surface area contributed by atoms with Gasteiger partial charge in [0.05, 0.1) is 11.0 Å². The molecule has 0 aliphatic rings. The van der Waals surface area contributed by atoms with E-state index >= 15 is 0 Å². The second kappa shape index (κ2) is 15.3. The standard InChI is InChI=1S/C35H30N3.C11H8N.Ir/c1-22-15-31-28-9-8-14-37-34(28)30(20-33(31)38-21-22)26-16-25(17-27(18-26)35(3,4)5)29-19-24(12-11-23(29)2)32-10-6-7-13-36-32;1-2-6-10(7-3-1)11-8-4-5-9-12-11;/h6-11,13-21H,1-5H3;1-6,8-9H;/q2*-1;. The first kappa shape index (κ1) is 35.5. The zero-order valence-corrected chi connectivity index (χ0v) is 31.8. The minimum Gasteiger partial charge on any atom is -0.305 e. The third-order valence-electron chi connectivity index (χ3n) is 8.86. The number of rotatable bonds is 4. The zero-order valence-electron chi connectivity index (χ0n) is 29.4. The maximum atomic E-state index is 4.86. The monoisotopic (exact) mass is 839 g/mol. The van der Waals surface area contributed by atoms with Crippen LogP contribution in [-0.4, -0.2) is 19.9 Å². The van der Waals surface area contributed by atoms with Gasteiger partial charge in [-0.2, -0.15) is 0 Å². The van der Waals surface area contributed by atoms with Crippen molar-refractivity contribution in [3.63, 3.8) is 0 Å². The SMILES string of the molecule is Cc1cnc2cc(-c3cc(-c4cc(-c5ccccn5)[c-]cc4C)cc(C(C)(C)C)c3)c3ncccc3c2c1.[Ir].[c-]1ccccc1-c1ccccn1. The second-order valence-corrected chi connectivity index (χ2v) is 13.6. The molecular weight excluding hydrogens is 801 g/mol. The summed E-state index contributed by atoms with van der Waals surface area (Å²) in [6, 6.07) is 46.0. The maximum Gasteiger partial charge on any atom is 0.0787 e. The topological polar surface area (TPSA) is 51.6 Å². The normalized spacial score (nSPS) is 11.1. The van der Waals surface area contributed by atoms with Crippen molar-refractivity contribution in [2.75, 3.05) is 0 Å². The molecule has 0 fully saturated rings. The van der Waals surface area contributed by atoms with Gasteiger partial charge in [-0.15, -0.1) is 65.2 Å². The fourth-order valence-electron chi connectivity index (χ4n) is 6.16. The molecule has 0 aliphatic carbocycles. The molecule has 0 aliphatic heterocycles. The molecular formula is C46H38IrN4-2. The first-order valence-corrected chi connectivity index (χ1v) is 16.9. The number of hydrogen-bond donors (Lipinski definition) is 0. The molecule has 4 aromatic heterocycles. The summed E-state index contributed by atoms with van der Waals surface area (Å²) in [7, 11) is 0. The average molecular weight is 839 g/mol. The molecule has 0 saturated heterocycles. The van der Waals surface area contributed by atoms with E-state index in [1.807, 2.05) is 85.3 Å².